The zero-order valence-corrected chi connectivity index (χ0v) is 13.0. The number of fused-ring (bicyclic) bond motifs is 3. The zero-order valence-electron chi connectivity index (χ0n) is 12.1. The molecule has 0 unspecified atom stereocenters. The molecule has 104 valence electrons. The van der Waals surface area contributed by atoms with Gasteiger partial charge in [-0.1, -0.05) is 32.0 Å². The van der Waals surface area contributed by atoms with Crippen molar-refractivity contribution in [3.63, 3.8) is 0 Å². The molecule has 2 heterocycles. The lowest BCUT2D eigenvalue weighted by Crippen LogP contribution is -2.22. The van der Waals surface area contributed by atoms with Gasteiger partial charge in [-0.15, -0.1) is 0 Å². The van der Waals surface area contributed by atoms with Crippen LogP contribution in [0.15, 0.2) is 30.5 Å². The first kappa shape index (κ1) is 13.4. The minimum Gasteiger partial charge on any atom is -0.327 e. The number of aromatic nitrogens is 3. The Balaban J connectivity index is 2.30. The van der Waals surface area contributed by atoms with Gasteiger partial charge in [0.2, 0.25) is 0 Å². The maximum absolute atomic E-state index is 4.66. The fourth-order valence-electron chi connectivity index (χ4n) is 2.55. The Bertz CT molecular complexity index is 774. The van der Waals surface area contributed by atoms with Crippen molar-refractivity contribution in [2.75, 3.05) is 5.75 Å². The van der Waals surface area contributed by atoms with Crippen LogP contribution >= 0.6 is 12.6 Å². The second kappa shape index (κ2) is 4.77. The minimum atomic E-state index is 0.131. The fraction of sp³-hybridized carbons (Fsp3) is 0.375. The predicted molar refractivity (Wildman–Crippen MR) is 87.4 cm³/mol. The molecular formula is C16H19N3S. The molecule has 0 bridgehead atoms. The van der Waals surface area contributed by atoms with Crippen LogP contribution in [0.3, 0.4) is 0 Å². The number of nitrogens with zero attached hydrogens (tertiary/aromatic N) is 3. The highest BCUT2D eigenvalue weighted by Gasteiger charge is 2.20. The van der Waals surface area contributed by atoms with Crippen LogP contribution in [-0.4, -0.2) is 20.3 Å². The van der Waals surface area contributed by atoms with Crippen LogP contribution in [0.1, 0.15) is 19.7 Å². The summed E-state index contributed by atoms with van der Waals surface area (Å²) in [5.74, 6) is 1.88. The van der Waals surface area contributed by atoms with Crippen molar-refractivity contribution in [1.82, 2.24) is 14.5 Å². The van der Waals surface area contributed by atoms with Gasteiger partial charge in [0, 0.05) is 11.9 Å². The minimum absolute atomic E-state index is 0.131. The highest BCUT2D eigenvalue weighted by atomic mass is 32.1. The lowest BCUT2D eigenvalue weighted by Gasteiger charge is -2.24. The van der Waals surface area contributed by atoms with Crippen LogP contribution in [0.4, 0.5) is 0 Å². The third-order valence-corrected chi connectivity index (χ3v) is 4.54. The summed E-state index contributed by atoms with van der Waals surface area (Å²) >= 11 is 4.47. The van der Waals surface area contributed by atoms with Gasteiger partial charge in [0.15, 0.2) is 0 Å². The topological polar surface area (TPSA) is 30.7 Å². The number of aryl methyl sites for hydroxylation is 1. The smallest absolute Gasteiger partial charge is 0.108 e. The summed E-state index contributed by atoms with van der Waals surface area (Å²) in [6.45, 7) is 7.43. The molecule has 0 aliphatic heterocycles. The summed E-state index contributed by atoms with van der Waals surface area (Å²) in [7, 11) is 0. The molecule has 20 heavy (non-hydrogen) atoms. The summed E-state index contributed by atoms with van der Waals surface area (Å²) in [6.07, 6.45) is 1.87. The van der Waals surface area contributed by atoms with Crippen molar-refractivity contribution in [3.05, 3.63) is 36.3 Å². The standard InChI is InChI=1S/C16H19N3S/c1-11-18-14-8-17-13-7-5-4-6-12(13)15(14)19(11)9-16(2,3)10-20/h4-8,20H,9-10H2,1-3H3. The van der Waals surface area contributed by atoms with Gasteiger partial charge in [-0.25, -0.2) is 4.98 Å². The van der Waals surface area contributed by atoms with Crippen molar-refractivity contribution < 1.29 is 0 Å². The Kier molecular flexibility index (Phi) is 3.21. The maximum Gasteiger partial charge on any atom is 0.108 e. The van der Waals surface area contributed by atoms with Gasteiger partial charge in [-0.05, 0) is 24.2 Å². The predicted octanol–water partition coefficient (Wildman–Crippen LogP) is 3.85. The Morgan fingerprint density at radius 2 is 1.95 bits per heavy atom. The van der Waals surface area contributed by atoms with E-state index < -0.39 is 0 Å². The molecule has 0 aliphatic rings. The lowest BCUT2D eigenvalue weighted by molar-refractivity contribution is 0.354. The van der Waals surface area contributed by atoms with Gasteiger partial charge in [-0.2, -0.15) is 12.6 Å². The molecule has 1 aromatic carbocycles. The molecule has 0 radical (unpaired) electrons. The summed E-state index contributed by atoms with van der Waals surface area (Å²) in [4.78, 5) is 9.15. The third kappa shape index (κ3) is 2.18. The first-order chi connectivity index (χ1) is 9.52. The van der Waals surface area contributed by atoms with Gasteiger partial charge >= 0.3 is 0 Å². The molecule has 3 nitrogen and oxygen atoms in total. The quantitative estimate of drug-likeness (QED) is 0.741. The normalized spacial score (nSPS) is 12.4. The molecule has 4 heteroatoms. The van der Waals surface area contributed by atoms with Crippen molar-refractivity contribution in [2.24, 2.45) is 5.41 Å². The summed E-state index contributed by atoms with van der Waals surface area (Å²) < 4.78 is 2.30. The lowest BCUT2D eigenvalue weighted by atomic mass is 9.96. The summed E-state index contributed by atoms with van der Waals surface area (Å²) in [5.41, 5.74) is 3.30. The molecule has 0 saturated heterocycles. The first-order valence-electron chi connectivity index (χ1n) is 6.83. The molecule has 2 aromatic heterocycles. The number of imidazole rings is 1. The molecule has 0 atom stereocenters. The second-order valence-corrected chi connectivity index (χ2v) is 6.39. The van der Waals surface area contributed by atoms with Gasteiger partial charge < -0.3 is 4.57 Å². The number of para-hydroxylation sites is 1. The van der Waals surface area contributed by atoms with Crippen molar-refractivity contribution in [1.29, 1.82) is 0 Å². The Morgan fingerprint density at radius 3 is 2.70 bits per heavy atom. The summed E-state index contributed by atoms with van der Waals surface area (Å²) in [5, 5.41) is 1.17. The van der Waals surface area contributed by atoms with Crippen LogP contribution in [0.5, 0.6) is 0 Å². The second-order valence-electron chi connectivity index (χ2n) is 6.08. The molecule has 0 spiro atoms. The zero-order chi connectivity index (χ0) is 14.3. The van der Waals surface area contributed by atoms with Gasteiger partial charge in [0.25, 0.3) is 0 Å². The van der Waals surface area contributed by atoms with Crippen LogP contribution in [0, 0.1) is 12.3 Å². The third-order valence-electron chi connectivity index (χ3n) is 3.68. The van der Waals surface area contributed by atoms with Crippen molar-refractivity contribution >= 4 is 34.6 Å². The SMILES string of the molecule is Cc1nc2cnc3ccccc3c2n1CC(C)(C)CS. The summed E-state index contributed by atoms with van der Waals surface area (Å²) in [6, 6.07) is 8.24. The Labute approximate surface area is 124 Å². The average Bonchev–Trinajstić information content (AvgIpc) is 2.75. The molecule has 3 aromatic rings. The van der Waals surface area contributed by atoms with E-state index in [0.717, 1.165) is 29.2 Å². The molecule has 0 aliphatic carbocycles. The van der Waals surface area contributed by atoms with E-state index in [4.69, 9.17) is 0 Å². The largest absolute Gasteiger partial charge is 0.327 e. The molecular weight excluding hydrogens is 266 g/mol. The van der Waals surface area contributed by atoms with E-state index in [1.807, 2.05) is 18.3 Å². The van der Waals surface area contributed by atoms with Crippen LogP contribution < -0.4 is 0 Å². The number of pyridine rings is 1. The Morgan fingerprint density at radius 1 is 1.20 bits per heavy atom. The number of hydrogen-bond acceptors (Lipinski definition) is 3. The van der Waals surface area contributed by atoms with Gasteiger partial charge in [0.1, 0.15) is 11.3 Å². The van der Waals surface area contributed by atoms with Crippen LogP contribution in [0.2, 0.25) is 0 Å². The Hall–Kier alpha value is -1.55. The highest BCUT2D eigenvalue weighted by molar-refractivity contribution is 7.80. The average molecular weight is 285 g/mol. The molecule has 3 rings (SSSR count). The fourth-order valence-corrected chi connectivity index (χ4v) is 2.65. The van der Waals surface area contributed by atoms with E-state index in [-0.39, 0.29) is 5.41 Å². The van der Waals surface area contributed by atoms with Crippen LogP contribution in [-0.2, 0) is 6.54 Å². The monoisotopic (exact) mass is 285 g/mol. The molecule has 0 fully saturated rings. The van der Waals surface area contributed by atoms with Gasteiger partial charge in [-0.3, -0.25) is 4.98 Å². The maximum atomic E-state index is 4.66. The van der Waals surface area contributed by atoms with E-state index >= 15 is 0 Å². The first-order valence-corrected chi connectivity index (χ1v) is 7.46. The van der Waals surface area contributed by atoms with E-state index in [1.165, 1.54) is 10.9 Å². The molecule has 0 N–H and O–H groups in total. The molecule has 0 amide bonds. The van der Waals surface area contributed by atoms with E-state index in [9.17, 15) is 0 Å². The number of hydrogen-bond donors (Lipinski definition) is 1. The van der Waals surface area contributed by atoms with E-state index in [1.54, 1.807) is 0 Å². The van der Waals surface area contributed by atoms with Gasteiger partial charge in [0.05, 0.1) is 17.2 Å². The molecule has 0 saturated carbocycles. The van der Waals surface area contributed by atoms with E-state index in [2.05, 4.69) is 60.1 Å². The number of benzene rings is 1. The van der Waals surface area contributed by atoms with Crippen molar-refractivity contribution in [3.8, 4) is 0 Å². The highest BCUT2D eigenvalue weighted by Crippen LogP contribution is 2.28. The number of thiol groups is 1. The number of rotatable bonds is 3. The van der Waals surface area contributed by atoms with Crippen molar-refractivity contribution in [2.45, 2.75) is 27.3 Å². The van der Waals surface area contributed by atoms with E-state index in [0.29, 0.717) is 0 Å². The van der Waals surface area contributed by atoms with Crippen LogP contribution in [0.25, 0.3) is 21.9 Å².